The van der Waals surface area contributed by atoms with E-state index in [-0.39, 0.29) is 18.1 Å². The maximum atomic E-state index is 12.7. The summed E-state index contributed by atoms with van der Waals surface area (Å²) >= 11 is 0. The summed E-state index contributed by atoms with van der Waals surface area (Å²) in [6.07, 6.45) is 5.45. The number of rotatable bonds is 8. The third kappa shape index (κ3) is 4.47. The van der Waals surface area contributed by atoms with Crippen molar-refractivity contribution in [2.75, 3.05) is 21.3 Å². The summed E-state index contributed by atoms with van der Waals surface area (Å²) in [5, 5.41) is 13.2. The summed E-state index contributed by atoms with van der Waals surface area (Å²) in [7, 11) is 4.53. The van der Waals surface area contributed by atoms with Crippen molar-refractivity contribution in [1.82, 2.24) is 10.3 Å². The Kier molecular flexibility index (Phi) is 6.58. The normalized spacial score (nSPS) is 13.7. The molecule has 176 valence electrons. The van der Waals surface area contributed by atoms with Crippen molar-refractivity contribution < 1.29 is 28.5 Å². The zero-order valence-corrected chi connectivity index (χ0v) is 19.5. The van der Waals surface area contributed by atoms with Crippen LogP contribution < -0.4 is 19.5 Å². The van der Waals surface area contributed by atoms with Gasteiger partial charge in [0.25, 0.3) is 0 Å². The van der Waals surface area contributed by atoms with Crippen LogP contribution in [-0.2, 0) is 11.3 Å². The molecule has 0 bridgehead atoms. The van der Waals surface area contributed by atoms with Gasteiger partial charge in [0.15, 0.2) is 11.5 Å². The highest BCUT2D eigenvalue weighted by molar-refractivity contribution is 6.08. The van der Waals surface area contributed by atoms with Crippen molar-refractivity contribution >= 4 is 23.1 Å². The number of phenolic OH excluding ortho intramolecular Hbond substituents is 1. The molecule has 0 saturated carbocycles. The molecule has 0 radical (unpaired) electrons. The summed E-state index contributed by atoms with van der Waals surface area (Å²) < 4.78 is 21.2. The van der Waals surface area contributed by atoms with Crippen LogP contribution in [0.25, 0.3) is 17.2 Å². The molecule has 1 aromatic carbocycles. The number of phenols is 1. The second-order valence-corrected chi connectivity index (χ2v) is 7.74. The van der Waals surface area contributed by atoms with Gasteiger partial charge in [-0.05, 0) is 65.1 Å². The fourth-order valence-corrected chi connectivity index (χ4v) is 3.98. The van der Waals surface area contributed by atoms with Gasteiger partial charge in [0.1, 0.15) is 5.76 Å². The number of hydrogen-bond acceptors (Lipinski definition) is 7. The first-order valence-corrected chi connectivity index (χ1v) is 10.7. The fraction of sp³-hybridized carbons (Fsp3) is 0.231. The van der Waals surface area contributed by atoms with Gasteiger partial charge in [0.2, 0.25) is 17.5 Å². The maximum Gasteiger partial charge on any atom is 0.224 e. The van der Waals surface area contributed by atoms with Gasteiger partial charge in [-0.1, -0.05) is 0 Å². The molecule has 1 aliphatic rings. The van der Waals surface area contributed by atoms with Gasteiger partial charge < -0.3 is 29.1 Å². The predicted octanol–water partition coefficient (Wildman–Crippen LogP) is 4.44. The standard InChI is InChI=1S/C26H26N2O6/c1-15-18(8-16-9-22(31-2)26(30)23(10-16)32-3)20-12-25(33-4)28-14-21(20)19(15)11-24(29)27-13-17-6-5-7-34-17/h5-10,12,14,30H,11,13H2,1-4H3,(H,27,29). The zero-order valence-electron chi connectivity index (χ0n) is 19.5. The largest absolute Gasteiger partial charge is 0.502 e. The Morgan fingerprint density at radius 3 is 2.47 bits per heavy atom. The van der Waals surface area contributed by atoms with E-state index in [4.69, 9.17) is 18.6 Å². The number of methoxy groups -OCH3 is 3. The Labute approximate surface area is 197 Å². The summed E-state index contributed by atoms with van der Waals surface area (Å²) in [6.45, 7) is 2.30. The van der Waals surface area contributed by atoms with Crippen molar-refractivity contribution in [2.45, 2.75) is 19.9 Å². The first-order chi connectivity index (χ1) is 16.4. The van der Waals surface area contributed by atoms with Crippen LogP contribution in [0.2, 0.25) is 0 Å². The lowest BCUT2D eigenvalue weighted by molar-refractivity contribution is -0.120. The number of fused-ring (bicyclic) bond motifs is 1. The van der Waals surface area contributed by atoms with Crippen LogP contribution in [0.3, 0.4) is 0 Å². The van der Waals surface area contributed by atoms with E-state index in [1.54, 1.807) is 37.8 Å². The number of amides is 1. The number of nitrogens with zero attached hydrogens (tertiary/aromatic N) is 1. The van der Waals surface area contributed by atoms with Crippen molar-refractivity contribution in [2.24, 2.45) is 0 Å². The van der Waals surface area contributed by atoms with Gasteiger partial charge in [-0.15, -0.1) is 0 Å². The average Bonchev–Trinajstić information content (AvgIpc) is 3.46. The molecular formula is C26H26N2O6. The molecule has 8 nitrogen and oxygen atoms in total. The topological polar surface area (TPSA) is 103 Å². The molecular weight excluding hydrogens is 436 g/mol. The minimum absolute atomic E-state index is 0.0639. The van der Waals surface area contributed by atoms with Gasteiger partial charge >= 0.3 is 0 Å². The van der Waals surface area contributed by atoms with Gasteiger partial charge in [0, 0.05) is 17.8 Å². The van der Waals surface area contributed by atoms with Crippen LogP contribution in [0, 0.1) is 0 Å². The highest BCUT2D eigenvalue weighted by Crippen LogP contribution is 2.45. The predicted molar refractivity (Wildman–Crippen MR) is 128 cm³/mol. The van der Waals surface area contributed by atoms with Crippen molar-refractivity contribution in [3.63, 3.8) is 0 Å². The van der Waals surface area contributed by atoms with Crippen LogP contribution >= 0.6 is 0 Å². The minimum atomic E-state index is -0.123. The number of carbonyl (C=O) groups is 1. The number of pyridine rings is 1. The Morgan fingerprint density at radius 2 is 1.85 bits per heavy atom. The van der Waals surface area contributed by atoms with Crippen molar-refractivity contribution in [1.29, 1.82) is 0 Å². The van der Waals surface area contributed by atoms with E-state index in [1.165, 1.54) is 14.2 Å². The van der Waals surface area contributed by atoms with E-state index in [2.05, 4.69) is 10.3 Å². The zero-order chi connectivity index (χ0) is 24.2. The van der Waals surface area contributed by atoms with Crippen LogP contribution in [-0.4, -0.2) is 37.3 Å². The van der Waals surface area contributed by atoms with Crippen molar-refractivity contribution in [3.8, 4) is 23.1 Å². The van der Waals surface area contributed by atoms with Crippen LogP contribution in [0.15, 0.2) is 52.8 Å². The molecule has 2 heterocycles. The van der Waals surface area contributed by atoms with E-state index in [1.807, 2.05) is 25.1 Å². The molecule has 2 aromatic heterocycles. The van der Waals surface area contributed by atoms with E-state index >= 15 is 0 Å². The number of hydrogen-bond donors (Lipinski definition) is 2. The van der Waals surface area contributed by atoms with Gasteiger partial charge in [-0.25, -0.2) is 4.98 Å². The average molecular weight is 463 g/mol. The Morgan fingerprint density at radius 1 is 1.12 bits per heavy atom. The van der Waals surface area contributed by atoms with Crippen molar-refractivity contribution in [3.05, 3.63) is 70.8 Å². The summed E-state index contributed by atoms with van der Waals surface area (Å²) in [4.78, 5) is 17.1. The number of aromatic nitrogens is 1. The molecule has 0 spiro atoms. The number of carbonyl (C=O) groups excluding carboxylic acids is 1. The molecule has 0 fully saturated rings. The number of benzene rings is 1. The van der Waals surface area contributed by atoms with E-state index in [9.17, 15) is 9.90 Å². The van der Waals surface area contributed by atoms with Crippen LogP contribution in [0.5, 0.6) is 23.1 Å². The van der Waals surface area contributed by atoms with Crippen LogP contribution in [0.4, 0.5) is 0 Å². The smallest absolute Gasteiger partial charge is 0.224 e. The molecule has 8 heteroatoms. The molecule has 0 saturated heterocycles. The number of ether oxygens (including phenoxy) is 3. The lowest BCUT2D eigenvalue weighted by Crippen LogP contribution is -2.22. The SMILES string of the molecule is COc1cc2c(cn1)C(CC(=O)NCc1ccco1)=C(C)C2=Cc1cc(OC)c(O)c(OC)c1. The Balaban J connectivity index is 1.72. The maximum absolute atomic E-state index is 12.7. The molecule has 1 amide bonds. The number of nitrogens with one attached hydrogen (secondary N) is 1. The monoisotopic (exact) mass is 462 g/mol. The quantitative estimate of drug-likeness (QED) is 0.510. The van der Waals surface area contributed by atoms with Crippen LogP contribution in [0.1, 0.15) is 35.8 Å². The lowest BCUT2D eigenvalue weighted by Gasteiger charge is -2.11. The summed E-state index contributed by atoms with van der Waals surface area (Å²) in [6, 6.07) is 8.90. The van der Waals surface area contributed by atoms with E-state index in [0.29, 0.717) is 29.7 Å². The second kappa shape index (κ2) is 9.74. The molecule has 3 aromatic rings. The first-order valence-electron chi connectivity index (χ1n) is 10.7. The summed E-state index contributed by atoms with van der Waals surface area (Å²) in [5.74, 6) is 1.58. The Bertz CT molecular complexity index is 1250. The molecule has 1 aliphatic carbocycles. The van der Waals surface area contributed by atoms with E-state index < -0.39 is 0 Å². The van der Waals surface area contributed by atoms with Gasteiger partial charge in [0.05, 0.1) is 40.6 Å². The highest BCUT2D eigenvalue weighted by Gasteiger charge is 2.27. The molecule has 0 atom stereocenters. The molecule has 2 N–H and O–H groups in total. The number of aromatic hydroxyl groups is 1. The Hall–Kier alpha value is -4.20. The molecule has 0 aliphatic heterocycles. The van der Waals surface area contributed by atoms with Gasteiger partial charge in [-0.2, -0.15) is 0 Å². The second-order valence-electron chi connectivity index (χ2n) is 7.74. The van der Waals surface area contributed by atoms with E-state index in [0.717, 1.165) is 33.4 Å². The summed E-state index contributed by atoms with van der Waals surface area (Å²) in [5.41, 5.74) is 5.29. The number of allylic oxidation sites excluding steroid dienone is 2. The molecule has 4 rings (SSSR count). The molecule has 34 heavy (non-hydrogen) atoms. The fourth-order valence-electron chi connectivity index (χ4n) is 3.98. The third-order valence-electron chi connectivity index (χ3n) is 5.75. The number of furan rings is 1. The van der Waals surface area contributed by atoms with Gasteiger partial charge in [-0.3, -0.25) is 4.79 Å². The molecule has 0 unspecified atom stereocenters. The minimum Gasteiger partial charge on any atom is -0.502 e. The highest BCUT2D eigenvalue weighted by atomic mass is 16.5. The lowest BCUT2D eigenvalue weighted by atomic mass is 10.0. The third-order valence-corrected chi connectivity index (χ3v) is 5.75. The first kappa shape index (κ1) is 23.0.